The highest BCUT2D eigenvalue weighted by atomic mass is 16.4. The van der Waals surface area contributed by atoms with Gasteiger partial charge in [-0.3, -0.25) is 10.1 Å². The summed E-state index contributed by atoms with van der Waals surface area (Å²) in [6, 6.07) is 0.0855. The summed E-state index contributed by atoms with van der Waals surface area (Å²) in [5, 5.41) is 12.8. The summed E-state index contributed by atoms with van der Waals surface area (Å²) in [4.78, 5) is 11.2. The molecule has 0 bridgehead atoms. The van der Waals surface area contributed by atoms with Gasteiger partial charge < -0.3 is 5.11 Å². The second kappa shape index (κ2) is 4.23. The lowest BCUT2D eigenvalue weighted by Gasteiger charge is -2.34. The number of nitrogens with one attached hydrogen (secondary N) is 3. The molecule has 2 aliphatic heterocycles. The van der Waals surface area contributed by atoms with Crippen LogP contribution in [-0.2, 0) is 4.79 Å². The van der Waals surface area contributed by atoms with Crippen molar-refractivity contribution in [1.82, 2.24) is 16.2 Å². The Hall–Kier alpha value is -0.650. The summed E-state index contributed by atoms with van der Waals surface area (Å²) in [5.74, 6) is 0.770. The largest absolute Gasteiger partial charge is 0.480 e. The van der Waals surface area contributed by atoms with E-state index >= 15 is 0 Å². The fraction of sp³-hybridized carbons (Fsp3) is 0.917. The molecule has 0 radical (unpaired) electrons. The van der Waals surface area contributed by atoms with Gasteiger partial charge in [-0.25, -0.2) is 10.9 Å². The van der Waals surface area contributed by atoms with Crippen LogP contribution in [0.2, 0.25) is 0 Å². The van der Waals surface area contributed by atoms with Gasteiger partial charge in [0.05, 0.1) is 6.17 Å². The Kier molecular flexibility index (Phi) is 2.84. The average molecular weight is 239 g/mol. The summed E-state index contributed by atoms with van der Waals surface area (Å²) >= 11 is 0. The van der Waals surface area contributed by atoms with Crippen LogP contribution in [0.1, 0.15) is 32.6 Å². The molecule has 2 heterocycles. The quantitative estimate of drug-likeness (QED) is 0.557. The fourth-order valence-electron chi connectivity index (χ4n) is 3.97. The SMILES string of the molecule is CCC1CCC2NC3NNC(C(=O)O)C3C2C1. The smallest absolute Gasteiger partial charge is 0.322 e. The maximum absolute atomic E-state index is 11.2. The van der Waals surface area contributed by atoms with Crippen LogP contribution in [0, 0.1) is 17.8 Å². The third-order valence-electron chi connectivity index (χ3n) is 4.90. The van der Waals surface area contributed by atoms with Crippen molar-refractivity contribution in [2.45, 2.75) is 50.9 Å². The molecule has 3 rings (SSSR count). The Labute approximate surface area is 101 Å². The van der Waals surface area contributed by atoms with E-state index in [9.17, 15) is 9.90 Å². The molecule has 4 N–H and O–H groups in total. The molecule has 17 heavy (non-hydrogen) atoms. The molecular weight excluding hydrogens is 218 g/mol. The summed E-state index contributed by atoms with van der Waals surface area (Å²) < 4.78 is 0. The summed E-state index contributed by atoms with van der Waals surface area (Å²) in [6.45, 7) is 2.24. The minimum Gasteiger partial charge on any atom is -0.480 e. The van der Waals surface area contributed by atoms with Crippen molar-refractivity contribution >= 4 is 5.97 Å². The molecule has 96 valence electrons. The molecule has 2 saturated heterocycles. The number of rotatable bonds is 2. The lowest BCUT2D eigenvalue weighted by Crippen LogP contribution is -2.47. The van der Waals surface area contributed by atoms with Gasteiger partial charge in [0.25, 0.3) is 0 Å². The van der Waals surface area contributed by atoms with E-state index in [-0.39, 0.29) is 12.1 Å². The van der Waals surface area contributed by atoms with Crippen molar-refractivity contribution in [3.8, 4) is 0 Å². The molecule has 3 aliphatic rings. The summed E-state index contributed by atoms with van der Waals surface area (Å²) in [5.41, 5.74) is 6.01. The van der Waals surface area contributed by atoms with Crippen LogP contribution in [0.4, 0.5) is 0 Å². The molecule has 5 nitrogen and oxygen atoms in total. The number of aliphatic carboxylic acids is 1. The third-order valence-corrected chi connectivity index (χ3v) is 4.90. The predicted octanol–water partition coefficient (Wildman–Crippen LogP) is 0.288. The van der Waals surface area contributed by atoms with Crippen molar-refractivity contribution in [3.63, 3.8) is 0 Å². The Bertz CT molecular complexity index is 323. The molecular formula is C12H21N3O2. The molecule has 1 aliphatic carbocycles. The van der Waals surface area contributed by atoms with Crippen LogP contribution in [0.5, 0.6) is 0 Å². The first-order valence-corrected chi connectivity index (χ1v) is 6.70. The van der Waals surface area contributed by atoms with Gasteiger partial charge in [0.1, 0.15) is 6.04 Å². The lowest BCUT2D eigenvalue weighted by molar-refractivity contribution is -0.140. The van der Waals surface area contributed by atoms with Crippen molar-refractivity contribution in [1.29, 1.82) is 0 Å². The second-order valence-electron chi connectivity index (χ2n) is 5.68. The number of carboxylic acid groups (broad SMARTS) is 1. The number of hydrogen-bond donors (Lipinski definition) is 4. The number of carboxylic acids is 1. The maximum atomic E-state index is 11.2. The molecule has 6 unspecified atom stereocenters. The number of hydrogen-bond acceptors (Lipinski definition) is 4. The van der Waals surface area contributed by atoms with E-state index in [4.69, 9.17) is 0 Å². The van der Waals surface area contributed by atoms with E-state index in [1.165, 1.54) is 25.7 Å². The molecule has 0 aromatic carbocycles. The zero-order valence-electron chi connectivity index (χ0n) is 10.1. The predicted molar refractivity (Wildman–Crippen MR) is 63.0 cm³/mol. The van der Waals surface area contributed by atoms with Crippen LogP contribution in [0.25, 0.3) is 0 Å². The zero-order valence-corrected chi connectivity index (χ0v) is 10.1. The van der Waals surface area contributed by atoms with Crippen LogP contribution >= 0.6 is 0 Å². The Morgan fingerprint density at radius 1 is 1.35 bits per heavy atom. The fourth-order valence-corrected chi connectivity index (χ4v) is 3.97. The highest BCUT2D eigenvalue weighted by Crippen LogP contribution is 2.43. The zero-order chi connectivity index (χ0) is 12.0. The molecule has 1 saturated carbocycles. The normalized spacial score (nSPS) is 48.8. The van der Waals surface area contributed by atoms with Crippen molar-refractivity contribution < 1.29 is 9.90 Å². The Morgan fingerprint density at radius 3 is 2.88 bits per heavy atom. The van der Waals surface area contributed by atoms with Gasteiger partial charge in [-0.1, -0.05) is 13.3 Å². The summed E-state index contributed by atoms with van der Waals surface area (Å²) in [7, 11) is 0. The van der Waals surface area contributed by atoms with E-state index in [0.29, 0.717) is 12.0 Å². The highest BCUT2D eigenvalue weighted by molar-refractivity contribution is 5.74. The minimum absolute atomic E-state index is 0.140. The maximum Gasteiger partial charge on any atom is 0.322 e. The van der Waals surface area contributed by atoms with E-state index in [0.717, 1.165) is 5.92 Å². The first-order valence-electron chi connectivity index (χ1n) is 6.70. The molecule has 0 spiro atoms. The first-order chi connectivity index (χ1) is 8.20. The van der Waals surface area contributed by atoms with Crippen molar-refractivity contribution in [2.75, 3.05) is 0 Å². The molecule has 0 aromatic heterocycles. The molecule has 0 amide bonds. The minimum atomic E-state index is -0.730. The number of hydrazine groups is 1. The first kappa shape index (κ1) is 11.4. The molecule has 0 aromatic rings. The van der Waals surface area contributed by atoms with Crippen molar-refractivity contribution in [2.24, 2.45) is 17.8 Å². The third kappa shape index (κ3) is 1.77. The van der Waals surface area contributed by atoms with Crippen LogP contribution in [0.15, 0.2) is 0 Å². The Balaban J connectivity index is 1.78. The van der Waals surface area contributed by atoms with Gasteiger partial charge in [0.2, 0.25) is 0 Å². The second-order valence-corrected chi connectivity index (χ2v) is 5.68. The van der Waals surface area contributed by atoms with E-state index < -0.39 is 12.0 Å². The number of carbonyl (C=O) groups is 1. The van der Waals surface area contributed by atoms with Gasteiger partial charge in [0.15, 0.2) is 0 Å². The van der Waals surface area contributed by atoms with E-state index in [1.807, 2.05) is 0 Å². The van der Waals surface area contributed by atoms with E-state index in [1.54, 1.807) is 0 Å². The van der Waals surface area contributed by atoms with Crippen LogP contribution in [-0.4, -0.2) is 29.3 Å². The van der Waals surface area contributed by atoms with Gasteiger partial charge in [-0.2, -0.15) is 0 Å². The topological polar surface area (TPSA) is 73.4 Å². The average Bonchev–Trinajstić information content (AvgIpc) is 2.86. The standard InChI is InChI=1S/C12H21N3O2/c1-2-6-3-4-8-7(5-6)9-10(12(16)17)14-15-11(9)13-8/h6-11,13-15H,2-5H2,1H3,(H,16,17). The molecule has 6 atom stereocenters. The van der Waals surface area contributed by atoms with Gasteiger partial charge in [-0.15, -0.1) is 0 Å². The highest BCUT2D eigenvalue weighted by Gasteiger charge is 2.53. The van der Waals surface area contributed by atoms with Crippen LogP contribution < -0.4 is 16.2 Å². The van der Waals surface area contributed by atoms with Crippen LogP contribution in [0.3, 0.4) is 0 Å². The van der Waals surface area contributed by atoms with Gasteiger partial charge in [-0.05, 0) is 31.1 Å². The summed E-state index contributed by atoms with van der Waals surface area (Å²) in [6.07, 6.45) is 5.03. The monoisotopic (exact) mass is 239 g/mol. The Morgan fingerprint density at radius 2 is 2.18 bits per heavy atom. The van der Waals surface area contributed by atoms with Crippen molar-refractivity contribution in [3.05, 3.63) is 0 Å². The lowest BCUT2D eigenvalue weighted by atomic mass is 9.72. The molecule has 5 heteroatoms. The van der Waals surface area contributed by atoms with Gasteiger partial charge >= 0.3 is 5.97 Å². The van der Waals surface area contributed by atoms with E-state index in [2.05, 4.69) is 23.1 Å². The number of fused-ring (bicyclic) bond motifs is 3. The van der Waals surface area contributed by atoms with Gasteiger partial charge in [0, 0.05) is 12.0 Å². The molecule has 3 fully saturated rings.